The van der Waals surface area contributed by atoms with E-state index in [4.69, 9.17) is 9.47 Å². The van der Waals surface area contributed by atoms with Crippen LogP contribution in [0.15, 0.2) is 48.5 Å². The van der Waals surface area contributed by atoms with Gasteiger partial charge in [0.15, 0.2) is 6.10 Å². The Kier molecular flexibility index (Phi) is 7.91. The van der Waals surface area contributed by atoms with E-state index in [1.54, 1.807) is 0 Å². The van der Waals surface area contributed by atoms with Crippen LogP contribution in [0.5, 0.6) is 5.75 Å². The van der Waals surface area contributed by atoms with Crippen molar-refractivity contribution >= 4 is 23.3 Å². The summed E-state index contributed by atoms with van der Waals surface area (Å²) in [5.74, 6) is -1.36. The zero-order chi connectivity index (χ0) is 22.3. The Morgan fingerprint density at radius 3 is 2.37 bits per heavy atom. The Hall–Kier alpha value is -3.42. The quantitative estimate of drug-likeness (QED) is 0.372. The Balaban J connectivity index is 2.12. The number of amides is 1. The first-order chi connectivity index (χ1) is 14.3. The van der Waals surface area contributed by atoms with Crippen LogP contribution in [-0.2, 0) is 14.3 Å². The van der Waals surface area contributed by atoms with Crippen LogP contribution < -0.4 is 10.1 Å². The van der Waals surface area contributed by atoms with Gasteiger partial charge in [0, 0.05) is 6.07 Å². The second-order valence-corrected chi connectivity index (χ2v) is 6.98. The minimum atomic E-state index is -1.06. The molecule has 2 aromatic rings. The highest BCUT2D eigenvalue weighted by atomic mass is 16.6. The van der Waals surface area contributed by atoms with Crippen LogP contribution in [0.25, 0.3) is 0 Å². The molecule has 0 fully saturated rings. The fourth-order valence-electron chi connectivity index (χ4n) is 3.03. The fourth-order valence-corrected chi connectivity index (χ4v) is 3.03. The lowest BCUT2D eigenvalue weighted by Gasteiger charge is -2.24. The number of ether oxygens (including phenoxy) is 2. The molecule has 0 aliphatic carbocycles. The van der Waals surface area contributed by atoms with Crippen LogP contribution in [0.2, 0.25) is 0 Å². The van der Waals surface area contributed by atoms with Gasteiger partial charge < -0.3 is 14.8 Å². The van der Waals surface area contributed by atoms with Crippen LogP contribution in [0.3, 0.4) is 0 Å². The third-order valence-corrected chi connectivity index (χ3v) is 4.94. The lowest BCUT2D eigenvalue weighted by Crippen LogP contribution is -2.33. The molecular weight excluding hydrogens is 388 g/mol. The summed E-state index contributed by atoms with van der Waals surface area (Å²) in [7, 11) is 1.34. The molecule has 0 aliphatic rings. The SMILES string of the molecule is CC[C@@H](C)[C@H](C(=O)O[C@@H](C)C(=O)Nc1ccc([N+](=O)[O-])cc1OC)c1ccccc1. The first-order valence-electron chi connectivity index (χ1n) is 9.67. The number of nitro groups is 1. The molecular formula is C22H26N2O6. The van der Waals surface area contributed by atoms with Crippen LogP contribution in [0, 0.1) is 16.0 Å². The molecule has 3 atom stereocenters. The molecule has 30 heavy (non-hydrogen) atoms. The van der Waals surface area contributed by atoms with Gasteiger partial charge in [0.25, 0.3) is 11.6 Å². The number of hydrogen-bond donors (Lipinski definition) is 1. The highest BCUT2D eigenvalue weighted by Crippen LogP contribution is 2.30. The van der Waals surface area contributed by atoms with Crippen molar-refractivity contribution in [1.29, 1.82) is 0 Å². The molecule has 0 saturated heterocycles. The minimum absolute atomic E-state index is 0.0323. The maximum Gasteiger partial charge on any atom is 0.314 e. The molecule has 0 radical (unpaired) electrons. The molecule has 0 saturated carbocycles. The molecule has 2 rings (SSSR count). The molecule has 0 heterocycles. The maximum atomic E-state index is 12.9. The second-order valence-electron chi connectivity index (χ2n) is 6.98. The van der Waals surface area contributed by atoms with Gasteiger partial charge in [-0.25, -0.2) is 0 Å². The molecule has 2 aromatic carbocycles. The van der Waals surface area contributed by atoms with E-state index in [2.05, 4.69) is 5.32 Å². The van der Waals surface area contributed by atoms with Gasteiger partial charge in [-0.1, -0.05) is 50.6 Å². The number of anilines is 1. The molecule has 1 amide bonds. The Labute approximate surface area is 175 Å². The largest absolute Gasteiger partial charge is 0.494 e. The number of hydrogen-bond acceptors (Lipinski definition) is 6. The van der Waals surface area contributed by atoms with Crippen molar-refractivity contribution in [2.75, 3.05) is 12.4 Å². The summed E-state index contributed by atoms with van der Waals surface area (Å²) in [4.78, 5) is 35.7. The number of benzene rings is 2. The number of non-ortho nitro benzene ring substituents is 1. The molecule has 0 aliphatic heterocycles. The van der Waals surface area contributed by atoms with Crippen LogP contribution >= 0.6 is 0 Å². The number of nitrogens with zero attached hydrogens (tertiary/aromatic N) is 1. The maximum absolute atomic E-state index is 12.9. The smallest absolute Gasteiger partial charge is 0.314 e. The van der Waals surface area contributed by atoms with Crippen molar-refractivity contribution in [3.63, 3.8) is 0 Å². The van der Waals surface area contributed by atoms with E-state index < -0.39 is 28.8 Å². The number of rotatable bonds is 9. The van der Waals surface area contributed by atoms with Crippen molar-refractivity contribution in [2.24, 2.45) is 5.92 Å². The van der Waals surface area contributed by atoms with E-state index in [1.165, 1.54) is 32.2 Å². The van der Waals surface area contributed by atoms with Gasteiger partial charge in [-0.15, -0.1) is 0 Å². The van der Waals surface area contributed by atoms with Crippen molar-refractivity contribution in [3.05, 3.63) is 64.2 Å². The zero-order valence-corrected chi connectivity index (χ0v) is 17.5. The van der Waals surface area contributed by atoms with E-state index in [9.17, 15) is 19.7 Å². The molecule has 8 nitrogen and oxygen atoms in total. The van der Waals surface area contributed by atoms with Crippen molar-refractivity contribution < 1.29 is 24.0 Å². The minimum Gasteiger partial charge on any atom is -0.494 e. The van der Waals surface area contributed by atoms with Crippen molar-refractivity contribution in [3.8, 4) is 5.75 Å². The summed E-state index contributed by atoms with van der Waals surface area (Å²) >= 11 is 0. The molecule has 0 bridgehead atoms. The fraction of sp³-hybridized carbons (Fsp3) is 0.364. The summed E-state index contributed by atoms with van der Waals surface area (Å²) in [6, 6.07) is 13.1. The molecule has 0 aromatic heterocycles. The molecule has 8 heteroatoms. The lowest BCUT2D eigenvalue weighted by atomic mass is 9.85. The van der Waals surface area contributed by atoms with Gasteiger partial charge in [0.05, 0.1) is 29.7 Å². The summed E-state index contributed by atoms with van der Waals surface area (Å²) < 4.78 is 10.6. The van der Waals surface area contributed by atoms with Gasteiger partial charge in [-0.2, -0.15) is 0 Å². The van der Waals surface area contributed by atoms with Gasteiger partial charge >= 0.3 is 5.97 Å². The third kappa shape index (κ3) is 5.56. The summed E-state index contributed by atoms with van der Waals surface area (Å²) in [6.07, 6.45) is -0.289. The lowest BCUT2D eigenvalue weighted by molar-refractivity contribution is -0.384. The van der Waals surface area contributed by atoms with Gasteiger partial charge in [0.1, 0.15) is 5.75 Å². The number of nitrogens with one attached hydrogen (secondary N) is 1. The monoisotopic (exact) mass is 414 g/mol. The van der Waals surface area contributed by atoms with Gasteiger partial charge in [-0.3, -0.25) is 19.7 Å². The Morgan fingerprint density at radius 2 is 1.80 bits per heavy atom. The van der Waals surface area contributed by atoms with Gasteiger partial charge in [-0.05, 0) is 24.5 Å². The number of methoxy groups -OCH3 is 1. The average Bonchev–Trinajstić information content (AvgIpc) is 2.74. The second kappa shape index (κ2) is 10.4. The molecule has 0 unspecified atom stereocenters. The Morgan fingerprint density at radius 1 is 1.13 bits per heavy atom. The standard InChI is InChI=1S/C22H26N2O6/c1-5-14(2)20(16-9-7-6-8-10-16)22(26)30-15(3)21(25)23-18-12-11-17(24(27)28)13-19(18)29-4/h6-15,20H,5H2,1-4H3,(H,23,25)/t14-,15+,20+/m1/s1. The molecule has 0 spiro atoms. The highest BCUT2D eigenvalue weighted by Gasteiger charge is 2.30. The predicted octanol–water partition coefficient (Wildman–Crippen LogP) is 4.30. The normalized spacial score (nSPS) is 13.6. The number of carbonyl (C=O) groups excluding carboxylic acids is 2. The molecule has 160 valence electrons. The summed E-state index contributed by atoms with van der Waals surface area (Å²) in [6.45, 7) is 5.43. The predicted molar refractivity (Wildman–Crippen MR) is 112 cm³/mol. The van der Waals surface area contributed by atoms with Gasteiger partial charge in [0.2, 0.25) is 0 Å². The highest BCUT2D eigenvalue weighted by molar-refractivity contribution is 5.96. The first kappa shape index (κ1) is 22.9. The number of esters is 1. The van der Waals surface area contributed by atoms with E-state index >= 15 is 0 Å². The molecule has 1 N–H and O–H groups in total. The average molecular weight is 414 g/mol. The van der Waals surface area contributed by atoms with E-state index in [-0.39, 0.29) is 23.0 Å². The topological polar surface area (TPSA) is 108 Å². The van der Waals surface area contributed by atoms with Crippen LogP contribution in [0.1, 0.15) is 38.7 Å². The van der Waals surface area contributed by atoms with Crippen molar-refractivity contribution in [1.82, 2.24) is 0 Å². The zero-order valence-electron chi connectivity index (χ0n) is 17.5. The summed E-state index contributed by atoms with van der Waals surface area (Å²) in [5, 5.41) is 13.5. The number of carbonyl (C=O) groups is 2. The van der Waals surface area contributed by atoms with Crippen LogP contribution in [-0.4, -0.2) is 30.0 Å². The summed E-state index contributed by atoms with van der Waals surface area (Å²) in [5.41, 5.74) is 0.919. The van der Waals surface area contributed by atoms with E-state index in [0.29, 0.717) is 0 Å². The van der Waals surface area contributed by atoms with Crippen molar-refractivity contribution in [2.45, 2.75) is 39.2 Å². The number of nitro benzene ring substituents is 1. The Bertz CT molecular complexity index is 900. The van der Waals surface area contributed by atoms with Crippen LogP contribution in [0.4, 0.5) is 11.4 Å². The first-order valence-corrected chi connectivity index (χ1v) is 9.67. The third-order valence-electron chi connectivity index (χ3n) is 4.94. The van der Waals surface area contributed by atoms with E-state index in [1.807, 2.05) is 44.2 Å². The van der Waals surface area contributed by atoms with E-state index in [0.717, 1.165) is 12.0 Å².